The molecule has 0 unspecified atom stereocenters. The van der Waals surface area contributed by atoms with E-state index in [0.717, 1.165) is 0 Å². The third-order valence-corrected chi connectivity index (χ3v) is 10.0. The number of carbonyl (C=O) groups is 2. The number of nitrogens with zero attached hydrogens (tertiary/aromatic N) is 1. The van der Waals surface area contributed by atoms with E-state index in [0.29, 0.717) is 5.69 Å². The van der Waals surface area contributed by atoms with Crippen molar-refractivity contribution in [1.82, 2.24) is 5.32 Å². The number of rotatable bonds is 4. The van der Waals surface area contributed by atoms with Crippen molar-refractivity contribution in [3.63, 3.8) is 0 Å². The van der Waals surface area contributed by atoms with Gasteiger partial charge >= 0.3 is 0 Å². The Balaban J connectivity index is 0.00000364. The van der Waals surface area contributed by atoms with Crippen molar-refractivity contribution < 1.29 is 18.4 Å². The molecule has 1 heterocycles. The second-order valence-electron chi connectivity index (χ2n) is 8.16. The number of amides is 2. The Labute approximate surface area is 172 Å². The molecule has 1 aliphatic heterocycles. The fourth-order valence-electron chi connectivity index (χ4n) is 2.54. The van der Waals surface area contributed by atoms with Crippen LogP contribution in [0.25, 0.3) is 0 Å². The number of likely N-dealkylation sites (N-methyl/N-ethyl adjacent to an activating group) is 1. The lowest BCUT2D eigenvalue weighted by molar-refractivity contribution is -0.124. The first-order chi connectivity index (χ1) is 11.8. The molecule has 1 aromatic rings. The topological polar surface area (TPSA) is 58.6 Å². The molecule has 1 aliphatic rings. The van der Waals surface area contributed by atoms with Crippen molar-refractivity contribution in [2.24, 2.45) is 0 Å². The number of hydrogen-bond donors (Lipinski definition) is 1. The summed E-state index contributed by atoms with van der Waals surface area (Å²) in [6.45, 7) is 10.5. The van der Waals surface area contributed by atoms with E-state index in [4.69, 9.17) is 16.0 Å². The molecule has 1 fully saturated rings. The lowest BCUT2D eigenvalue weighted by Crippen LogP contribution is -2.52. The zero-order valence-electron chi connectivity index (χ0n) is 16.4. The fraction of sp³-hybridized carbons (Fsp3) is 0.556. The maximum atomic E-state index is 13.4. The first-order valence-electron chi connectivity index (χ1n) is 8.53. The first-order valence-corrected chi connectivity index (χ1v) is 11.8. The molecule has 2 atom stereocenters. The Hall–Kier alpha value is -1.15. The minimum absolute atomic E-state index is 0. The Kier molecular flexibility index (Phi) is 7.49. The molecule has 5 nitrogen and oxygen atoms in total. The van der Waals surface area contributed by atoms with Gasteiger partial charge in [0.15, 0.2) is 8.32 Å². The van der Waals surface area contributed by atoms with Gasteiger partial charge in [-0.25, -0.2) is 4.39 Å². The molecule has 0 radical (unpaired) electrons. The minimum atomic E-state index is -2.15. The Morgan fingerprint density at radius 1 is 1.37 bits per heavy atom. The summed E-state index contributed by atoms with van der Waals surface area (Å²) < 4.78 is 19.7. The molecule has 2 rings (SSSR count). The van der Waals surface area contributed by atoms with Crippen LogP contribution in [0.3, 0.4) is 0 Å². The maximum absolute atomic E-state index is 13.4. The molecule has 1 N–H and O–H groups in total. The van der Waals surface area contributed by atoms with Crippen LogP contribution in [0.5, 0.6) is 0 Å². The molecular formula is C18H27Cl2FN2O3Si. The van der Waals surface area contributed by atoms with Gasteiger partial charge in [0, 0.05) is 12.7 Å². The smallest absolute Gasteiger partial charge is 0.251 e. The Morgan fingerprint density at radius 3 is 2.48 bits per heavy atom. The van der Waals surface area contributed by atoms with E-state index in [1.807, 2.05) is 0 Å². The summed E-state index contributed by atoms with van der Waals surface area (Å²) >= 11 is 5.81. The highest BCUT2D eigenvalue weighted by atomic mass is 35.5. The molecule has 0 bridgehead atoms. The monoisotopic (exact) mass is 436 g/mol. The number of carbonyl (C=O) groups excluding carboxylic acids is 2. The predicted molar refractivity (Wildman–Crippen MR) is 111 cm³/mol. The standard InChI is InChI=1S/C18H26ClFN2O3Si.ClH/c1-18(2,3)26(5,6)25-14-10-15(23)21-16(14)17(24)22(4)11-7-8-13(20)12(19)9-11;/h7-9,14,16H,10H2,1-6H3,(H,21,23);1H/t14-,16+;/m1./s1. The number of anilines is 1. The zero-order chi connectivity index (χ0) is 19.9. The van der Waals surface area contributed by atoms with E-state index in [1.54, 1.807) is 7.05 Å². The van der Waals surface area contributed by atoms with Crippen molar-refractivity contribution >= 4 is 49.8 Å². The van der Waals surface area contributed by atoms with Crippen LogP contribution >= 0.6 is 24.0 Å². The molecule has 0 spiro atoms. The summed E-state index contributed by atoms with van der Waals surface area (Å²) in [4.78, 5) is 26.3. The van der Waals surface area contributed by atoms with Crippen LogP contribution in [0, 0.1) is 5.82 Å². The fourth-order valence-corrected chi connectivity index (χ4v) is 4.05. The molecule has 0 aromatic heterocycles. The second kappa shape index (κ2) is 8.47. The van der Waals surface area contributed by atoms with Gasteiger partial charge in [-0.3, -0.25) is 9.59 Å². The van der Waals surface area contributed by atoms with Crippen LogP contribution in [0.15, 0.2) is 18.2 Å². The van der Waals surface area contributed by atoms with E-state index < -0.39 is 26.3 Å². The van der Waals surface area contributed by atoms with Crippen molar-refractivity contribution in [3.05, 3.63) is 29.0 Å². The molecule has 2 amide bonds. The summed E-state index contributed by atoms with van der Waals surface area (Å²) in [5, 5.41) is 2.61. The number of halogens is 3. The quantitative estimate of drug-likeness (QED) is 0.721. The Bertz CT molecular complexity index is 725. The largest absolute Gasteiger partial charge is 0.411 e. The third kappa shape index (κ3) is 5.22. The van der Waals surface area contributed by atoms with Crippen LogP contribution in [-0.4, -0.2) is 39.3 Å². The van der Waals surface area contributed by atoms with Gasteiger partial charge in [0.25, 0.3) is 5.91 Å². The summed E-state index contributed by atoms with van der Waals surface area (Å²) in [6.07, 6.45) is -0.366. The highest BCUT2D eigenvalue weighted by molar-refractivity contribution is 6.74. The third-order valence-electron chi connectivity index (χ3n) is 5.21. The van der Waals surface area contributed by atoms with Crippen LogP contribution in [-0.2, 0) is 14.0 Å². The van der Waals surface area contributed by atoms with Crippen molar-refractivity contribution in [2.45, 2.75) is 57.5 Å². The molecule has 9 heteroatoms. The normalized spacial score (nSPS) is 20.1. The lowest BCUT2D eigenvalue weighted by atomic mass is 10.1. The van der Waals surface area contributed by atoms with Gasteiger partial charge in [-0.1, -0.05) is 32.4 Å². The van der Waals surface area contributed by atoms with E-state index in [-0.39, 0.29) is 40.7 Å². The van der Waals surface area contributed by atoms with Crippen molar-refractivity contribution in [1.29, 1.82) is 0 Å². The van der Waals surface area contributed by atoms with E-state index in [9.17, 15) is 14.0 Å². The highest BCUT2D eigenvalue weighted by Crippen LogP contribution is 2.38. The van der Waals surface area contributed by atoms with Crippen LogP contribution in [0.4, 0.5) is 10.1 Å². The maximum Gasteiger partial charge on any atom is 0.251 e. The average Bonchev–Trinajstić information content (AvgIpc) is 2.87. The Morgan fingerprint density at radius 2 is 1.96 bits per heavy atom. The van der Waals surface area contributed by atoms with Gasteiger partial charge in [0.1, 0.15) is 11.9 Å². The average molecular weight is 437 g/mol. The molecule has 27 heavy (non-hydrogen) atoms. The van der Waals surface area contributed by atoms with Gasteiger partial charge in [-0.2, -0.15) is 0 Å². The lowest BCUT2D eigenvalue weighted by Gasteiger charge is -2.39. The summed E-state index contributed by atoms with van der Waals surface area (Å²) in [7, 11) is -0.582. The van der Waals surface area contributed by atoms with Crippen molar-refractivity contribution in [2.75, 3.05) is 11.9 Å². The van der Waals surface area contributed by atoms with Crippen LogP contribution in [0.2, 0.25) is 23.2 Å². The predicted octanol–water partition coefficient (Wildman–Crippen LogP) is 4.14. The van der Waals surface area contributed by atoms with Gasteiger partial charge in [-0.05, 0) is 36.3 Å². The zero-order valence-corrected chi connectivity index (χ0v) is 19.0. The highest BCUT2D eigenvalue weighted by Gasteiger charge is 2.46. The minimum Gasteiger partial charge on any atom is -0.411 e. The molecule has 1 saturated heterocycles. The molecule has 1 aromatic carbocycles. The SMILES string of the molecule is CN(C(=O)[C@H]1NC(=O)C[C@H]1O[Si](C)(C)C(C)(C)C)c1ccc(F)c(Cl)c1.Cl. The molecule has 0 saturated carbocycles. The van der Waals surface area contributed by atoms with Gasteiger partial charge in [0.05, 0.1) is 17.5 Å². The van der Waals surface area contributed by atoms with Gasteiger partial charge in [0.2, 0.25) is 5.91 Å². The van der Waals surface area contributed by atoms with E-state index >= 15 is 0 Å². The van der Waals surface area contributed by atoms with E-state index in [2.05, 4.69) is 39.2 Å². The number of nitrogens with one attached hydrogen (secondary N) is 1. The summed E-state index contributed by atoms with van der Waals surface area (Å²) in [5.41, 5.74) is 0.452. The summed E-state index contributed by atoms with van der Waals surface area (Å²) in [5.74, 6) is -1.08. The first kappa shape index (κ1) is 23.9. The van der Waals surface area contributed by atoms with Crippen molar-refractivity contribution in [3.8, 4) is 0 Å². The number of benzene rings is 1. The molecule has 0 aliphatic carbocycles. The van der Waals surface area contributed by atoms with Crippen LogP contribution in [0.1, 0.15) is 27.2 Å². The van der Waals surface area contributed by atoms with Gasteiger partial charge < -0.3 is 14.6 Å². The van der Waals surface area contributed by atoms with Crippen LogP contribution < -0.4 is 10.2 Å². The summed E-state index contributed by atoms with van der Waals surface area (Å²) in [6, 6.07) is 3.29. The number of hydrogen-bond acceptors (Lipinski definition) is 3. The second-order valence-corrected chi connectivity index (χ2v) is 13.3. The molecular weight excluding hydrogens is 410 g/mol. The molecule has 152 valence electrons. The van der Waals surface area contributed by atoms with Gasteiger partial charge in [-0.15, -0.1) is 12.4 Å². The van der Waals surface area contributed by atoms with E-state index in [1.165, 1.54) is 23.1 Å².